The summed E-state index contributed by atoms with van der Waals surface area (Å²) in [6.07, 6.45) is 2.24. The monoisotopic (exact) mass is 262 g/mol. The first kappa shape index (κ1) is 14.9. The molecule has 0 aromatic rings. The molecule has 0 radical (unpaired) electrons. The van der Waals surface area contributed by atoms with Gasteiger partial charge in [-0.1, -0.05) is 20.8 Å². The van der Waals surface area contributed by atoms with Gasteiger partial charge in [-0.25, -0.2) is 13.1 Å². The molecule has 1 rings (SSSR count). The van der Waals surface area contributed by atoms with E-state index in [0.29, 0.717) is 5.92 Å². The van der Waals surface area contributed by atoms with E-state index in [2.05, 4.69) is 10.0 Å². The van der Waals surface area contributed by atoms with E-state index in [4.69, 9.17) is 0 Å². The van der Waals surface area contributed by atoms with E-state index in [1.54, 1.807) is 0 Å². The fourth-order valence-electron chi connectivity index (χ4n) is 2.30. The highest BCUT2D eigenvalue weighted by Crippen LogP contribution is 2.18. The third-order valence-corrected chi connectivity index (χ3v) is 5.01. The van der Waals surface area contributed by atoms with Gasteiger partial charge in [0, 0.05) is 6.04 Å². The van der Waals surface area contributed by atoms with Crippen LogP contribution in [0.4, 0.5) is 0 Å². The molecule has 1 aliphatic rings. The lowest BCUT2D eigenvalue weighted by Crippen LogP contribution is -2.46. The summed E-state index contributed by atoms with van der Waals surface area (Å²) in [6.45, 7) is 9.77. The molecule has 0 spiro atoms. The van der Waals surface area contributed by atoms with E-state index in [-0.39, 0.29) is 17.2 Å². The summed E-state index contributed by atoms with van der Waals surface area (Å²) >= 11 is 0. The maximum Gasteiger partial charge on any atom is 0.212 e. The summed E-state index contributed by atoms with van der Waals surface area (Å²) in [5.41, 5.74) is -0.198. The molecule has 2 atom stereocenters. The standard InChI is InChI=1S/C12H26N2O2S/c1-10(11-6-5-7-13-8-11)14-17(15,16)9-12(2,3)4/h10-11,13-14H,5-9H2,1-4H3. The molecule has 4 nitrogen and oxygen atoms in total. The average Bonchev–Trinajstić information content (AvgIpc) is 2.14. The van der Waals surface area contributed by atoms with Crippen LogP contribution in [0, 0.1) is 11.3 Å². The number of hydrogen-bond acceptors (Lipinski definition) is 3. The molecule has 1 aliphatic heterocycles. The third-order valence-electron chi connectivity index (χ3n) is 3.03. The van der Waals surface area contributed by atoms with Gasteiger partial charge in [-0.05, 0) is 44.2 Å². The second-order valence-corrected chi connectivity index (χ2v) is 8.09. The van der Waals surface area contributed by atoms with E-state index < -0.39 is 10.0 Å². The van der Waals surface area contributed by atoms with Gasteiger partial charge in [-0.2, -0.15) is 0 Å². The first-order valence-corrected chi connectivity index (χ1v) is 8.05. The van der Waals surface area contributed by atoms with Crippen molar-refractivity contribution in [2.24, 2.45) is 11.3 Å². The van der Waals surface area contributed by atoms with Crippen molar-refractivity contribution in [1.29, 1.82) is 0 Å². The Hall–Kier alpha value is -0.130. The molecule has 1 saturated heterocycles. The molecular formula is C12H26N2O2S. The van der Waals surface area contributed by atoms with Gasteiger partial charge >= 0.3 is 0 Å². The Labute approximate surface area is 106 Å². The van der Waals surface area contributed by atoms with Crippen LogP contribution >= 0.6 is 0 Å². The molecular weight excluding hydrogens is 236 g/mol. The minimum Gasteiger partial charge on any atom is -0.316 e. The van der Waals surface area contributed by atoms with Crippen LogP contribution in [0.15, 0.2) is 0 Å². The summed E-state index contributed by atoms with van der Waals surface area (Å²) in [4.78, 5) is 0. The Bertz CT molecular complexity index is 327. The largest absolute Gasteiger partial charge is 0.316 e. The molecule has 0 aromatic heterocycles. The van der Waals surface area contributed by atoms with Gasteiger partial charge in [0.25, 0.3) is 0 Å². The maximum atomic E-state index is 12.0. The number of hydrogen-bond donors (Lipinski definition) is 2. The van der Waals surface area contributed by atoms with Crippen molar-refractivity contribution in [3.8, 4) is 0 Å². The fourth-order valence-corrected chi connectivity index (χ4v) is 4.28. The third kappa shape index (κ3) is 5.84. The minimum absolute atomic E-state index is 0.0233. The predicted octanol–water partition coefficient (Wildman–Crippen LogP) is 1.34. The molecule has 0 saturated carbocycles. The fraction of sp³-hybridized carbons (Fsp3) is 1.00. The van der Waals surface area contributed by atoms with Gasteiger partial charge in [0.2, 0.25) is 10.0 Å². The Morgan fingerprint density at radius 2 is 2.06 bits per heavy atom. The number of rotatable bonds is 4. The molecule has 17 heavy (non-hydrogen) atoms. The Balaban J connectivity index is 2.51. The van der Waals surface area contributed by atoms with Gasteiger partial charge in [-0.15, -0.1) is 0 Å². The van der Waals surface area contributed by atoms with Gasteiger partial charge in [-0.3, -0.25) is 0 Å². The summed E-state index contributed by atoms with van der Waals surface area (Å²) in [6, 6.07) is 0.0233. The van der Waals surface area contributed by atoms with Crippen molar-refractivity contribution in [2.45, 2.75) is 46.6 Å². The van der Waals surface area contributed by atoms with Crippen LogP contribution in [0.3, 0.4) is 0 Å². The van der Waals surface area contributed by atoms with Gasteiger partial charge in [0.1, 0.15) is 0 Å². The van der Waals surface area contributed by atoms with E-state index >= 15 is 0 Å². The average molecular weight is 262 g/mol. The highest BCUT2D eigenvalue weighted by molar-refractivity contribution is 7.89. The Morgan fingerprint density at radius 3 is 2.53 bits per heavy atom. The van der Waals surface area contributed by atoms with Crippen molar-refractivity contribution >= 4 is 10.0 Å². The van der Waals surface area contributed by atoms with Gasteiger partial charge in [0.05, 0.1) is 5.75 Å². The van der Waals surface area contributed by atoms with Crippen LogP contribution in [0.1, 0.15) is 40.5 Å². The first-order valence-electron chi connectivity index (χ1n) is 6.40. The predicted molar refractivity (Wildman–Crippen MR) is 71.4 cm³/mol. The smallest absolute Gasteiger partial charge is 0.212 e. The van der Waals surface area contributed by atoms with Crippen LogP contribution < -0.4 is 10.0 Å². The normalized spacial score (nSPS) is 24.6. The lowest BCUT2D eigenvalue weighted by molar-refractivity contribution is 0.319. The molecule has 2 unspecified atom stereocenters. The SMILES string of the molecule is CC(NS(=O)(=O)CC(C)(C)C)C1CCCNC1. The van der Waals surface area contributed by atoms with Crippen LogP contribution in [-0.2, 0) is 10.0 Å². The molecule has 1 heterocycles. The summed E-state index contributed by atoms with van der Waals surface area (Å²) < 4.78 is 26.8. The lowest BCUT2D eigenvalue weighted by Gasteiger charge is -2.29. The quantitative estimate of drug-likeness (QED) is 0.804. The van der Waals surface area contributed by atoms with Crippen molar-refractivity contribution in [1.82, 2.24) is 10.0 Å². The first-order chi connectivity index (χ1) is 7.70. The molecule has 0 amide bonds. The molecule has 2 N–H and O–H groups in total. The van der Waals surface area contributed by atoms with Gasteiger partial charge < -0.3 is 5.32 Å². The summed E-state index contributed by atoms with van der Waals surface area (Å²) in [7, 11) is -3.17. The van der Waals surface area contributed by atoms with Crippen molar-refractivity contribution in [2.75, 3.05) is 18.8 Å². The van der Waals surface area contributed by atoms with Crippen LogP contribution in [-0.4, -0.2) is 33.3 Å². The summed E-state index contributed by atoms with van der Waals surface area (Å²) in [5.74, 6) is 0.600. The molecule has 0 bridgehead atoms. The molecule has 5 heteroatoms. The Kier molecular flexibility index (Phi) is 4.98. The molecule has 0 aliphatic carbocycles. The van der Waals surface area contributed by atoms with E-state index in [0.717, 1.165) is 25.9 Å². The minimum atomic E-state index is -3.17. The zero-order valence-electron chi connectivity index (χ0n) is 11.4. The van der Waals surface area contributed by atoms with Crippen LogP contribution in [0.2, 0.25) is 0 Å². The summed E-state index contributed by atoms with van der Waals surface area (Å²) in [5, 5.41) is 3.31. The second kappa shape index (κ2) is 5.67. The van der Waals surface area contributed by atoms with E-state index in [1.807, 2.05) is 27.7 Å². The highest BCUT2D eigenvalue weighted by atomic mass is 32.2. The molecule has 1 fully saturated rings. The Morgan fingerprint density at radius 1 is 1.41 bits per heavy atom. The number of sulfonamides is 1. The topological polar surface area (TPSA) is 58.2 Å². The maximum absolute atomic E-state index is 12.0. The number of piperidine rings is 1. The zero-order valence-corrected chi connectivity index (χ0v) is 12.2. The molecule has 102 valence electrons. The van der Waals surface area contributed by atoms with Crippen LogP contribution in [0.25, 0.3) is 0 Å². The van der Waals surface area contributed by atoms with Crippen molar-refractivity contribution < 1.29 is 8.42 Å². The molecule has 0 aromatic carbocycles. The van der Waals surface area contributed by atoms with Crippen LogP contribution in [0.5, 0.6) is 0 Å². The number of nitrogens with one attached hydrogen (secondary N) is 2. The van der Waals surface area contributed by atoms with E-state index in [9.17, 15) is 8.42 Å². The highest BCUT2D eigenvalue weighted by Gasteiger charge is 2.27. The van der Waals surface area contributed by atoms with Crippen molar-refractivity contribution in [3.05, 3.63) is 0 Å². The lowest BCUT2D eigenvalue weighted by atomic mass is 9.94. The zero-order chi connectivity index (χ0) is 13.1. The van der Waals surface area contributed by atoms with E-state index in [1.165, 1.54) is 0 Å². The van der Waals surface area contributed by atoms with Crippen molar-refractivity contribution in [3.63, 3.8) is 0 Å². The van der Waals surface area contributed by atoms with Gasteiger partial charge in [0.15, 0.2) is 0 Å². The second-order valence-electron chi connectivity index (χ2n) is 6.33.